The van der Waals surface area contributed by atoms with Crippen molar-refractivity contribution in [1.82, 2.24) is 9.97 Å². The smallest absolute Gasteiger partial charge is 0.202 e. The number of oxazole rings is 1. The fourth-order valence-corrected chi connectivity index (χ4v) is 2.95. The Morgan fingerprint density at radius 2 is 1.48 bits per heavy atom. The van der Waals surface area contributed by atoms with E-state index in [9.17, 15) is 4.79 Å². The van der Waals surface area contributed by atoms with Crippen LogP contribution >= 0.6 is 0 Å². The van der Waals surface area contributed by atoms with E-state index in [1.165, 1.54) is 5.56 Å². The van der Waals surface area contributed by atoms with Crippen molar-refractivity contribution in [3.8, 4) is 22.5 Å². The quantitative estimate of drug-likeness (QED) is 0.501. The van der Waals surface area contributed by atoms with Crippen molar-refractivity contribution in [3.05, 3.63) is 96.8 Å². The Bertz CT molecular complexity index is 1020. The molecule has 132 valence electrons. The molecular weight excluding hydrogens is 336 g/mol. The Morgan fingerprint density at radius 1 is 0.778 bits per heavy atom. The van der Waals surface area contributed by atoms with Gasteiger partial charge in [0, 0.05) is 24.4 Å². The highest BCUT2D eigenvalue weighted by Gasteiger charge is 2.11. The molecule has 0 fully saturated rings. The number of ketones is 1. The molecule has 0 aliphatic carbocycles. The summed E-state index contributed by atoms with van der Waals surface area (Å²) in [6, 6.07) is 22.0. The van der Waals surface area contributed by atoms with E-state index in [-0.39, 0.29) is 12.2 Å². The van der Waals surface area contributed by atoms with Crippen molar-refractivity contribution in [2.75, 3.05) is 0 Å². The summed E-state index contributed by atoms with van der Waals surface area (Å²) in [5, 5.41) is 0. The summed E-state index contributed by atoms with van der Waals surface area (Å²) < 4.78 is 5.70. The average molecular weight is 354 g/mol. The van der Waals surface area contributed by atoms with Crippen molar-refractivity contribution in [1.29, 1.82) is 0 Å². The highest BCUT2D eigenvalue weighted by Crippen LogP contribution is 2.21. The van der Waals surface area contributed by atoms with E-state index in [2.05, 4.69) is 22.1 Å². The molecule has 4 nitrogen and oxygen atoms in total. The van der Waals surface area contributed by atoms with Gasteiger partial charge in [-0.05, 0) is 28.8 Å². The number of hydrogen-bond acceptors (Lipinski definition) is 4. The minimum atomic E-state index is 0.0746. The van der Waals surface area contributed by atoms with Crippen LogP contribution in [-0.4, -0.2) is 15.8 Å². The van der Waals surface area contributed by atoms with Gasteiger partial charge in [-0.2, -0.15) is 0 Å². The Hall–Kier alpha value is -3.53. The Labute approximate surface area is 157 Å². The predicted octanol–water partition coefficient (Wildman–Crippen LogP) is 4.76. The summed E-state index contributed by atoms with van der Waals surface area (Å²) in [5.41, 5.74) is 4.19. The fourth-order valence-electron chi connectivity index (χ4n) is 2.95. The monoisotopic (exact) mass is 354 g/mol. The Kier molecular flexibility index (Phi) is 4.88. The second kappa shape index (κ2) is 7.79. The van der Waals surface area contributed by atoms with Crippen molar-refractivity contribution >= 4 is 5.78 Å². The fraction of sp³-hybridized carbons (Fsp3) is 0.0870. The van der Waals surface area contributed by atoms with Crippen LogP contribution in [-0.2, 0) is 17.6 Å². The number of carbonyl (C=O) groups is 1. The van der Waals surface area contributed by atoms with E-state index >= 15 is 0 Å². The molecule has 4 heteroatoms. The van der Waals surface area contributed by atoms with Crippen LogP contribution < -0.4 is 0 Å². The summed E-state index contributed by atoms with van der Waals surface area (Å²) in [6.07, 6.45) is 5.59. The first-order valence-electron chi connectivity index (χ1n) is 8.79. The van der Waals surface area contributed by atoms with Gasteiger partial charge in [-0.15, -0.1) is 0 Å². The van der Waals surface area contributed by atoms with Crippen molar-refractivity contribution in [3.63, 3.8) is 0 Å². The number of rotatable bonds is 6. The molecule has 2 heterocycles. The van der Waals surface area contributed by atoms with Gasteiger partial charge in [-0.25, -0.2) is 4.98 Å². The van der Waals surface area contributed by atoms with Crippen LogP contribution in [0.5, 0.6) is 0 Å². The van der Waals surface area contributed by atoms with E-state index in [1.54, 1.807) is 18.6 Å². The third-order valence-electron chi connectivity index (χ3n) is 4.33. The van der Waals surface area contributed by atoms with Crippen LogP contribution in [0.4, 0.5) is 0 Å². The Morgan fingerprint density at radius 3 is 2.22 bits per heavy atom. The highest BCUT2D eigenvalue weighted by molar-refractivity contribution is 5.82. The van der Waals surface area contributed by atoms with Crippen LogP contribution in [0.3, 0.4) is 0 Å². The number of benzene rings is 2. The van der Waals surface area contributed by atoms with E-state index in [0.29, 0.717) is 18.1 Å². The highest BCUT2D eigenvalue weighted by atomic mass is 16.4. The number of hydrogen-bond donors (Lipinski definition) is 0. The summed E-state index contributed by atoms with van der Waals surface area (Å²) in [4.78, 5) is 20.6. The molecule has 0 radical (unpaired) electrons. The minimum absolute atomic E-state index is 0.0746. The third kappa shape index (κ3) is 4.18. The molecule has 27 heavy (non-hydrogen) atoms. The molecule has 0 N–H and O–H groups in total. The number of nitrogens with zero attached hydrogens (tertiary/aromatic N) is 2. The number of carbonyl (C=O) groups excluding carboxylic acids is 1. The number of Topliss-reactive ketones (excluding diaryl/α,β-unsaturated/α-hetero) is 1. The van der Waals surface area contributed by atoms with Gasteiger partial charge in [0.1, 0.15) is 5.78 Å². The number of aromatic nitrogens is 2. The molecule has 0 spiro atoms. The van der Waals surface area contributed by atoms with Gasteiger partial charge in [0.2, 0.25) is 5.89 Å². The lowest BCUT2D eigenvalue weighted by Crippen LogP contribution is -2.06. The second-order valence-electron chi connectivity index (χ2n) is 6.31. The first-order chi connectivity index (χ1) is 13.3. The molecule has 4 aromatic rings. The molecule has 0 unspecified atom stereocenters. The van der Waals surface area contributed by atoms with Gasteiger partial charge >= 0.3 is 0 Å². The molecule has 0 bridgehead atoms. The van der Waals surface area contributed by atoms with Gasteiger partial charge < -0.3 is 4.42 Å². The average Bonchev–Trinajstić information content (AvgIpc) is 3.18. The molecule has 0 aliphatic heterocycles. The van der Waals surface area contributed by atoms with Crippen LogP contribution in [0.2, 0.25) is 0 Å². The normalized spacial score (nSPS) is 10.7. The molecule has 0 atom stereocenters. The second-order valence-corrected chi connectivity index (χ2v) is 6.31. The first-order valence-corrected chi connectivity index (χ1v) is 8.79. The van der Waals surface area contributed by atoms with Gasteiger partial charge in [0.15, 0.2) is 5.76 Å². The topological polar surface area (TPSA) is 56.0 Å². The SMILES string of the molecule is O=C(Cc1ccc(-c2ccccc2)cc1)Cc1ncc(-c2ccncc2)o1. The van der Waals surface area contributed by atoms with Crippen LogP contribution in [0.15, 0.2) is 89.7 Å². The summed E-state index contributed by atoms with van der Waals surface area (Å²) in [5.74, 6) is 1.16. The van der Waals surface area contributed by atoms with Gasteiger partial charge in [0.25, 0.3) is 0 Å². The maximum Gasteiger partial charge on any atom is 0.202 e. The van der Waals surface area contributed by atoms with E-state index in [1.807, 2.05) is 54.6 Å². The molecule has 2 aromatic carbocycles. The third-order valence-corrected chi connectivity index (χ3v) is 4.33. The molecule has 0 saturated carbocycles. The maximum atomic E-state index is 12.4. The lowest BCUT2D eigenvalue weighted by Gasteiger charge is -2.04. The van der Waals surface area contributed by atoms with Gasteiger partial charge in [-0.1, -0.05) is 54.6 Å². The Balaban J connectivity index is 1.39. The van der Waals surface area contributed by atoms with Crippen molar-refractivity contribution < 1.29 is 9.21 Å². The van der Waals surface area contributed by atoms with Crippen molar-refractivity contribution in [2.45, 2.75) is 12.8 Å². The zero-order chi connectivity index (χ0) is 18.5. The number of pyridine rings is 1. The first kappa shape index (κ1) is 16.9. The van der Waals surface area contributed by atoms with Crippen LogP contribution in [0, 0.1) is 0 Å². The summed E-state index contributed by atoms with van der Waals surface area (Å²) in [7, 11) is 0. The standard InChI is InChI=1S/C23H18N2O2/c26-21(15-23-25-16-22(27-23)20-10-12-24-13-11-20)14-17-6-8-19(9-7-17)18-4-2-1-3-5-18/h1-13,16H,14-15H2. The molecule has 0 aliphatic rings. The predicted molar refractivity (Wildman–Crippen MR) is 104 cm³/mol. The molecule has 2 aromatic heterocycles. The lowest BCUT2D eigenvalue weighted by atomic mass is 10.0. The zero-order valence-electron chi connectivity index (χ0n) is 14.7. The molecular formula is C23H18N2O2. The lowest BCUT2D eigenvalue weighted by molar-refractivity contribution is -0.118. The van der Waals surface area contributed by atoms with E-state index < -0.39 is 0 Å². The molecule has 0 saturated heterocycles. The van der Waals surface area contributed by atoms with Gasteiger partial charge in [0.05, 0.1) is 12.6 Å². The van der Waals surface area contributed by atoms with E-state index in [4.69, 9.17) is 4.42 Å². The summed E-state index contributed by atoms with van der Waals surface area (Å²) in [6.45, 7) is 0. The minimum Gasteiger partial charge on any atom is -0.440 e. The van der Waals surface area contributed by atoms with Crippen LogP contribution in [0.1, 0.15) is 11.5 Å². The zero-order valence-corrected chi connectivity index (χ0v) is 14.7. The largest absolute Gasteiger partial charge is 0.440 e. The van der Waals surface area contributed by atoms with E-state index in [0.717, 1.165) is 16.7 Å². The van der Waals surface area contributed by atoms with Crippen LogP contribution in [0.25, 0.3) is 22.5 Å². The maximum absolute atomic E-state index is 12.4. The van der Waals surface area contributed by atoms with Crippen molar-refractivity contribution in [2.24, 2.45) is 0 Å². The summed E-state index contributed by atoms with van der Waals surface area (Å²) >= 11 is 0. The van der Waals surface area contributed by atoms with Gasteiger partial charge in [-0.3, -0.25) is 9.78 Å². The molecule has 4 rings (SSSR count). The molecule has 0 amide bonds.